The van der Waals surface area contributed by atoms with Crippen LogP contribution in [0.3, 0.4) is 0 Å². The maximum absolute atomic E-state index is 5.82. The summed E-state index contributed by atoms with van der Waals surface area (Å²) in [5.41, 5.74) is 8.49. The summed E-state index contributed by atoms with van der Waals surface area (Å²) in [5.74, 6) is 0.630. The molecule has 4 heteroatoms. The van der Waals surface area contributed by atoms with Crippen LogP contribution in [0.25, 0.3) is 10.9 Å². The Morgan fingerprint density at radius 3 is 2.84 bits per heavy atom. The molecule has 2 N–H and O–H groups in total. The highest BCUT2D eigenvalue weighted by atomic mass is 79.9. The van der Waals surface area contributed by atoms with Crippen LogP contribution in [0.4, 0.5) is 0 Å². The van der Waals surface area contributed by atoms with E-state index in [2.05, 4.69) is 63.9 Å². The van der Waals surface area contributed by atoms with Crippen LogP contribution in [0.5, 0.6) is 0 Å². The monoisotopic (exact) mass is 321 g/mol. The quantitative estimate of drug-likeness (QED) is 0.922. The van der Waals surface area contributed by atoms with Gasteiger partial charge in [0.1, 0.15) is 0 Å². The predicted molar refractivity (Wildman–Crippen MR) is 83.2 cm³/mol. The second-order valence-electron chi connectivity index (χ2n) is 5.66. The number of nitrogens with two attached hydrogens (primary N) is 1. The molecule has 1 aromatic heterocycles. The third-order valence-corrected chi connectivity index (χ3v) is 4.95. The lowest BCUT2D eigenvalue weighted by Crippen LogP contribution is -2.20. The van der Waals surface area contributed by atoms with Gasteiger partial charge in [0.15, 0.2) is 0 Å². The third kappa shape index (κ3) is 2.22. The van der Waals surface area contributed by atoms with Gasteiger partial charge in [-0.1, -0.05) is 6.07 Å². The van der Waals surface area contributed by atoms with E-state index < -0.39 is 0 Å². The average Bonchev–Trinajstić information content (AvgIpc) is 2.91. The van der Waals surface area contributed by atoms with Crippen molar-refractivity contribution in [3.8, 4) is 0 Å². The first kappa shape index (κ1) is 13.2. The summed E-state index contributed by atoms with van der Waals surface area (Å²) < 4.78 is 3.33. The van der Waals surface area contributed by atoms with Crippen molar-refractivity contribution in [3.05, 3.63) is 34.4 Å². The lowest BCUT2D eigenvalue weighted by molar-refractivity contribution is 0.314. The number of benzene rings is 1. The van der Waals surface area contributed by atoms with Crippen molar-refractivity contribution < 1.29 is 0 Å². The Hall–Kier alpha value is -0.840. The number of aromatic nitrogens is 1. The molecule has 2 atom stereocenters. The van der Waals surface area contributed by atoms with Crippen molar-refractivity contribution in [1.29, 1.82) is 0 Å². The molecule has 3 nitrogen and oxygen atoms in total. The van der Waals surface area contributed by atoms with Crippen LogP contribution in [0.1, 0.15) is 18.0 Å². The van der Waals surface area contributed by atoms with Gasteiger partial charge in [-0.2, -0.15) is 0 Å². The van der Waals surface area contributed by atoms with E-state index in [0.717, 1.165) is 13.1 Å². The van der Waals surface area contributed by atoms with Crippen molar-refractivity contribution in [3.63, 3.8) is 0 Å². The smallest absolute Gasteiger partial charge is 0.0489 e. The fourth-order valence-corrected chi connectivity index (χ4v) is 3.86. The Morgan fingerprint density at radius 1 is 1.37 bits per heavy atom. The van der Waals surface area contributed by atoms with E-state index in [-0.39, 0.29) is 0 Å². The van der Waals surface area contributed by atoms with Crippen LogP contribution < -0.4 is 5.73 Å². The Labute approximate surface area is 122 Å². The SMILES string of the molecule is CN1CC(CN)CC1c1ccc2c(c1)c(Br)cn2C. The molecule has 1 fully saturated rings. The van der Waals surface area contributed by atoms with E-state index in [0.29, 0.717) is 12.0 Å². The number of nitrogens with zero attached hydrogens (tertiary/aromatic N) is 2. The molecule has 102 valence electrons. The van der Waals surface area contributed by atoms with E-state index in [1.807, 2.05) is 0 Å². The molecule has 1 aliphatic rings. The van der Waals surface area contributed by atoms with Crippen LogP contribution in [0, 0.1) is 5.92 Å². The van der Waals surface area contributed by atoms with Gasteiger partial charge >= 0.3 is 0 Å². The molecule has 0 saturated carbocycles. The van der Waals surface area contributed by atoms with Crippen molar-refractivity contribution in [2.24, 2.45) is 18.7 Å². The van der Waals surface area contributed by atoms with Gasteiger partial charge in [0.05, 0.1) is 0 Å². The van der Waals surface area contributed by atoms with Gasteiger partial charge in [-0.15, -0.1) is 0 Å². The molecule has 3 rings (SSSR count). The van der Waals surface area contributed by atoms with E-state index >= 15 is 0 Å². The molecule has 0 radical (unpaired) electrons. The molecule has 2 heterocycles. The van der Waals surface area contributed by atoms with Gasteiger partial charge in [-0.3, -0.25) is 4.90 Å². The second kappa shape index (κ2) is 4.93. The number of fused-ring (bicyclic) bond motifs is 1. The van der Waals surface area contributed by atoms with Crippen LogP contribution in [0.2, 0.25) is 0 Å². The molecule has 2 unspecified atom stereocenters. The molecular weight excluding hydrogens is 302 g/mol. The average molecular weight is 322 g/mol. The highest BCUT2D eigenvalue weighted by Gasteiger charge is 2.29. The number of likely N-dealkylation sites (tertiary alicyclic amines) is 1. The van der Waals surface area contributed by atoms with E-state index in [9.17, 15) is 0 Å². The fourth-order valence-electron chi connectivity index (χ4n) is 3.23. The van der Waals surface area contributed by atoms with Crippen molar-refractivity contribution in [2.75, 3.05) is 20.1 Å². The lowest BCUT2D eigenvalue weighted by Gasteiger charge is -2.19. The molecule has 19 heavy (non-hydrogen) atoms. The van der Waals surface area contributed by atoms with Gasteiger partial charge in [0.25, 0.3) is 0 Å². The van der Waals surface area contributed by atoms with Crippen molar-refractivity contribution in [2.45, 2.75) is 12.5 Å². The van der Waals surface area contributed by atoms with Gasteiger partial charge in [0, 0.05) is 41.2 Å². The molecule has 0 aliphatic carbocycles. The highest BCUT2D eigenvalue weighted by Crippen LogP contribution is 2.36. The summed E-state index contributed by atoms with van der Waals surface area (Å²) in [7, 11) is 4.28. The minimum Gasteiger partial charge on any atom is -0.349 e. The summed E-state index contributed by atoms with van der Waals surface area (Å²) >= 11 is 3.65. The first-order valence-corrected chi connectivity index (χ1v) is 7.54. The maximum atomic E-state index is 5.82. The number of hydrogen-bond acceptors (Lipinski definition) is 2. The largest absolute Gasteiger partial charge is 0.349 e. The van der Waals surface area contributed by atoms with Gasteiger partial charge in [0.2, 0.25) is 0 Å². The Bertz CT molecular complexity index is 605. The standard InChI is InChI=1S/C15H20BrN3/c1-18-8-10(7-17)5-15(18)11-3-4-14-12(6-11)13(16)9-19(14)2/h3-4,6,9-10,15H,5,7-8,17H2,1-2H3. The third-order valence-electron chi connectivity index (χ3n) is 4.32. The summed E-state index contributed by atoms with van der Waals surface area (Å²) in [6.07, 6.45) is 3.29. The molecule has 1 aliphatic heterocycles. The summed E-state index contributed by atoms with van der Waals surface area (Å²) in [6.45, 7) is 1.90. The molecule has 1 aromatic carbocycles. The zero-order chi connectivity index (χ0) is 13.6. The minimum atomic E-state index is 0.505. The minimum absolute atomic E-state index is 0.505. The van der Waals surface area contributed by atoms with Crippen LogP contribution in [-0.4, -0.2) is 29.6 Å². The fraction of sp³-hybridized carbons (Fsp3) is 0.467. The Morgan fingerprint density at radius 2 is 2.16 bits per heavy atom. The predicted octanol–water partition coefficient (Wildman–Crippen LogP) is 2.89. The molecule has 0 amide bonds. The maximum Gasteiger partial charge on any atom is 0.0489 e. The summed E-state index contributed by atoms with van der Waals surface area (Å²) in [6, 6.07) is 7.30. The van der Waals surface area contributed by atoms with Gasteiger partial charge < -0.3 is 10.3 Å². The van der Waals surface area contributed by atoms with E-state index in [1.165, 1.54) is 27.4 Å². The molecule has 0 bridgehead atoms. The van der Waals surface area contributed by atoms with E-state index in [1.54, 1.807) is 0 Å². The van der Waals surface area contributed by atoms with Crippen LogP contribution >= 0.6 is 15.9 Å². The lowest BCUT2D eigenvalue weighted by atomic mass is 9.99. The van der Waals surface area contributed by atoms with Crippen LogP contribution in [0.15, 0.2) is 28.9 Å². The second-order valence-corrected chi connectivity index (χ2v) is 6.51. The highest BCUT2D eigenvalue weighted by molar-refractivity contribution is 9.10. The normalized spacial score (nSPS) is 24.4. The summed E-state index contributed by atoms with van der Waals surface area (Å²) in [5, 5.41) is 1.30. The first-order valence-electron chi connectivity index (χ1n) is 6.75. The number of halogens is 1. The molecular formula is C15H20BrN3. The number of aryl methyl sites for hydroxylation is 1. The summed E-state index contributed by atoms with van der Waals surface area (Å²) in [4.78, 5) is 2.43. The van der Waals surface area contributed by atoms with Gasteiger partial charge in [-0.25, -0.2) is 0 Å². The zero-order valence-electron chi connectivity index (χ0n) is 11.4. The van der Waals surface area contributed by atoms with Crippen molar-refractivity contribution in [1.82, 2.24) is 9.47 Å². The Kier molecular flexibility index (Phi) is 3.41. The molecule has 1 saturated heterocycles. The topological polar surface area (TPSA) is 34.2 Å². The molecule has 2 aromatic rings. The van der Waals surface area contributed by atoms with Crippen molar-refractivity contribution >= 4 is 26.8 Å². The van der Waals surface area contributed by atoms with E-state index in [4.69, 9.17) is 5.73 Å². The Balaban J connectivity index is 1.99. The van der Waals surface area contributed by atoms with Gasteiger partial charge in [-0.05, 0) is 59.6 Å². The number of rotatable bonds is 2. The first-order chi connectivity index (χ1) is 9.10. The molecule has 0 spiro atoms. The van der Waals surface area contributed by atoms with Crippen LogP contribution in [-0.2, 0) is 7.05 Å². The number of hydrogen-bond donors (Lipinski definition) is 1. The zero-order valence-corrected chi connectivity index (χ0v) is 13.0.